The summed E-state index contributed by atoms with van der Waals surface area (Å²) in [5, 5.41) is 3.43. The number of likely N-dealkylation sites (N-methyl/N-ethyl adjacent to an activating group) is 1. The maximum absolute atomic E-state index is 5.21. The third-order valence-corrected chi connectivity index (χ3v) is 3.08. The van der Waals surface area contributed by atoms with E-state index in [-0.39, 0.29) is 0 Å². The third kappa shape index (κ3) is 4.27. The standard InChI is InChI=1S/C14H25N3O/c1-5-7-15-9-13-6-8-16-10-14(13)17(3)12(2)11-18-4/h6,8,10,12,15H,5,7,9,11H2,1-4H3. The van der Waals surface area contributed by atoms with Crippen LogP contribution in [0.2, 0.25) is 0 Å². The maximum atomic E-state index is 5.21. The second kappa shape index (κ2) is 8.06. The van der Waals surface area contributed by atoms with Crippen LogP contribution in [-0.2, 0) is 11.3 Å². The quantitative estimate of drug-likeness (QED) is 0.718. The van der Waals surface area contributed by atoms with Gasteiger partial charge in [0.15, 0.2) is 0 Å². The van der Waals surface area contributed by atoms with Gasteiger partial charge in [0.2, 0.25) is 0 Å². The molecule has 0 aromatic carbocycles. The van der Waals surface area contributed by atoms with Gasteiger partial charge in [-0.2, -0.15) is 0 Å². The highest BCUT2D eigenvalue weighted by atomic mass is 16.5. The van der Waals surface area contributed by atoms with Crippen LogP contribution in [-0.4, -0.2) is 38.3 Å². The lowest BCUT2D eigenvalue weighted by molar-refractivity contribution is 0.183. The summed E-state index contributed by atoms with van der Waals surface area (Å²) in [6.45, 7) is 6.97. The van der Waals surface area contributed by atoms with Crippen LogP contribution in [0, 0.1) is 0 Å². The summed E-state index contributed by atoms with van der Waals surface area (Å²) in [4.78, 5) is 6.45. The van der Waals surface area contributed by atoms with Crippen LogP contribution in [0.25, 0.3) is 0 Å². The third-order valence-electron chi connectivity index (χ3n) is 3.08. The first-order valence-corrected chi connectivity index (χ1v) is 6.56. The molecule has 1 unspecified atom stereocenters. The number of rotatable bonds is 8. The normalized spacial score (nSPS) is 12.4. The number of ether oxygens (including phenoxy) is 1. The fourth-order valence-electron chi connectivity index (χ4n) is 1.87. The molecule has 0 amide bonds. The van der Waals surface area contributed by atoms with Crippen molar-refractivity contribution in [2.45, 2.75) is 32.9 Å². The molecule has 0 fully saturated rings. The molecule has 1 N–H and O–H groups in total. The van der Waals surface area contributed by atoms with E-state index in [1.54, 1.807) is 7.11 Å². The molecule has 0 saturated carbocycles. The van der Waals surface area contributed by atoms with Crippen molar-refractivity contribution in [2.24, 2.45) is 0 Å². The van der Waals surface area contributed by atoms with Crippen molar-refractivity contribution < 1.29 is 4.74 Å². The minimum atomic E-state index is 0.337. The summed E-state index contributed by atoms with van der Waals surface area (Å²) in [5.74, 6) is 0. The van der Waals surface area contributed by atoms with E-state index < -0.39 is 0 Å². The SMILES string of the molecule is CCCNCc1ccncc1N(C)C(C)COC. The van der Waals surface area contributed by atoms with Crippen LogP contribution >= 0.6 is 0 Å². The van der Waals surface area contributed by atoms with Gasteiger partial charge in [-0.25, -0.2) is 0 Å². The molecule has 4 nitrogen and oxygen atoms in total. The number of pyridine rings is 1. The average molecular weight is 251 g/mol. The van der Waals surface area contributed by atoms with Crippen molar-refractivity contribution in [3.63, 3.8) is 0 Å². The predicted octanol–water partition coefficient (Wildman–Crippen LogP) is 2.05. The van der Waals surface area contributed by atoms with E-state index in [1.165, 1.54) is 11.3 Å². The molecule has 0 saturated heterocycles. The van der Waals surface area contributed by atoms with Gasteiger partial charge in [-0.3, -0.25) is 4.98 Å². The molecule has 0 aliphatic rings. The van der Waals surface area contributed by atoms with E-state index in [0.717, 1.165) is 19.5 Å². The number of hydrogen-bond acceptors (Lipinski definition) is 4. The van der Waals surface area contributed by atoms with E-state index in [0.29, 0.717) is 12.6 Å². The molecule has 1 atom stereocenters. The van der Waals surface area contributed by atoms with Crippen molar-refractivity contribution in [3.8, 4) is 0 Å². The minimum absolute atomic E-state index is 0.337. The van der Waals surface area contributed by atoms with Gasteiger partial charge in [-0.1, -0.05) is 6.92 Å². The Bertz CT molecular complexity index is 344. The highest BCUT2D eigenvalue weighted by Crippen LogP contribution is 2.19. The van der Waals surface area contributed by atoms with Crippen molar-refractivity contribution in [1.82, 2.24) is 10.3 Å². The van der Waals surface area contributed by atoms with Crippen molar-refractivity contribution in [1.29, 1.82) is 0 Å². The van der Waals surface area contributed by atoms with Crippen LogP contribution in [0.5, 0.6) is 0 Å². The van der Waals surface area contributed by atoms with E-state index >= 15 is 0 Å². The maximum Gasteiger partial charge on any atom is 0.0663 e. The molecule has 1 heterocycles. The summed E-state index contributed by atoms with van der Waals surface area (Å²) < 4.78 is 5.21. The lowest BCUT2D eigenvalue weighted by atomic mass is 10.2. The van der Waals surface area contributed by atoms with Gasteiger partial charge in [-0.05, 0) is 31.5 Å². The molecule has 0 radical (unpaired) electrons. The molecule has 1 aromatic heterocycles. The smallest absolute Gasteiger partial charge is 0.0663 e. The lowest BCUT2D eigenvalue weighted by Gasteiger charge is -2.28. The Kier molecular flexibility index (Phi) is 6.68. The summed E-state index contributed by atoms with van der Waals surface area (Å²) in [6, 6.07) is 2.41. The van der Waals surface area contributed by atoms with Crippen molar-refractivity contribution >= 4 is 5.69 Å². The van der Waals surface area contributed by atoms with Crippen LogP contribution < -0.4 is 10.2 Å². The summed E-state index contributed by atoms with van der Waals surface area (Å²) >= 11 is 0. The summed E-state index contributed by atoms with van der Waals surface area (Å²) in [5.41, 5.74) is 2.45. The minimum Gasteiger partial charge on any atom is -0.383 e. The largest absolute Gasteiger partial charge is 0.383 e. The van der Waals surface area contributed by atoms with Crippen LogP contribution in [0.1, 0.15) is 25.8 Å². The van der Waals surface area contributed by atoms with Gasteiger partial charge in [0.1, 0.15) is 0 Å². The lowest BCUT2D eigenvalue weighted by Crippen LogP contribution is -2.33. The van der Waals surface area contributed by atoms with Crippen LogP contribution in [0.3, 0.4) is 0 Å². The Morgan fingerprint density at radius 3 is 2.94 bits per heavy atom. The molecule has 102 valence electrons. The van der Waals surface area contributed by atoms with Gasteiger partial charge >= 0.3 is 0 Å². The first kappa shape index (κ1) is 14.9. The highest BCUT2D eigenvalue weighted by molar-refractivity contribution is 5.51. The second-order valence-corrected chi connectivity index (χ2v) is 4.60. The number of methoxy groups -OCH3 is 1. The number of nitrogens with zero attached hydrogens (tertiary/aromatic N) is 2. The topological polar surface area (TPSA) is 37.4 Å². The predicted molar refractivity (Wildman–Crippen MR) is 76.0 cm³/mol. The van der Waals surface area contributed by atoms with Gasteiger partial charge in [0, 0.05) is 32.9 Å². The first-order chi connectivity index (χ1) is 8.70. The van der Waals surface area contributed by atoms with Gasteiger partial charge in [0.25, 0.3) is 0 Å². The molecule has 0 bridgehead atoms. The molecule has 0 spiro atoms. The van der Waals surface area contributed by atoms with Crippen molar-refractivity contribution in [2.75, 3.05) is 32.2 Å². The number of nitrogens with one attached hydrogen (secondary N) is 1. The van der Waals surface area contributed by atoms with Gasteiger partial charge in [-0.15, -0.1) is 0 Å². The molecule has 0 aliphatic carbocycles. The Balaban J connectivity index is 2.73. The molecule has 18 heavy (non-hydrogen) atoms. The summed E-state index contributed by atoms with van der Waals surface area (Å²) in [7, 11) is 3.82. The van der Waals surface area contributed by atoms with Gasteiger partial charge in [0.05, 0.1) is 18.5 Å². The molecule has 0 aliphatic heterocycles. The Morgan fingerprint density at radius 2 is 2.28 bits per heavy atom. The zero-order valence-electron chi connectivity index (χ0n) is 11.9. The number of hydrogen-bond donors (Lipinski definition) is 1. The fourth-order valence-corrected chi connectivity index (χ4v) is 1.87. The summed E-state index contributed by atoms with van der Waals surface area (Å²) in [6.07, 6.45) is 4.92. The number of anilines is 1. The van der Waals surface area contributed by atoms with E-state index in [2.05, 4.69) is 42.2 Å². The molecule has 1 aromatic rings. The second-order valence-electron chi connectivity index (χ2n) is 4.60. The zero-order valence-corrected chi connectivity index (χ0v) is 11.9. The van der Waals surface area contributed by atoms with E-state index in [9.17, 15) is 0 Å². The molecule has 1 rings (SSSR count). The molecule has 4 heteroatoms. The zero-order chi connectivity index (χ0) is 13.4. The highest BCUT2D eigenvalue weighted by Gasteiger charge is 2.13. The van der Waals surface area contributed by atoms with E-state index in [1.807, 2.05) is 12.4 Å². The Morgan fingerprint density at radius 1 is 1.50 bits per heavy atom. The van der Waals surface area contributed by atoms with Gasteiger partial charge < -0.3 is 15.0 Å². The molecular weight excluding hydrogens is 226 g/mol. The number of aromatic nitrogens is 1. The first-order valence-electron chi connectivity index (χ1n) is 6.56. The monoisotopic (exact) mass is 251 g/mol. The van der Waals surface area contributed by atoms with Crippen molar-refractivity contribution in [3.05, 3.63) is 24.0 Å². The fraction of sp³-hybridized carbons (Fsp3) is 0.643. The van der Waals surface area contributed by atoms with Crippen LogP contribution in [0.4, 0.5) is 5.69 Å². The average Bonchev–Trinajstić information content (AvgIpc) is 2.39. The van der Waals surface area contributed by atoms with Crippen LogP contribution in [0.15, 0.2) is 18.5 Å². The molecular formula is C14H25N3O. The Hall–Kier alpha value is -1.13. The van der Waals surface area contributed by atoms with E-state index in [4.69, 9.17) is 4.74 Å². The Labute approximate surface area is 110 Å².